The van der Waals surface area contributed by atoms with E-state index in [2.05, 4.69) is 29.3 Å². The first-order valence-corrected chi connectivity index (χ1v) is 8.65. The summed E-state index contributed by atoms with van der Waals surface area (Å²) in [5, 5.41) is 0. The van der Waals surface area contributed by atoms with E-state index in [9.17, 15) is 0 Å². The van der Waals surface area contributed by atoms with E-state index in [-0.39, 0.29) is 5.60 Å². The topological polar surface area (TPSA) is 68.5 Å². The molecule has 2 aromatic heterocycles. The fourth-order valence-electron chi connectivity index (χ4n) is 3.54. The van der Waals surface area contributed by atoms with Crippen LogP contribution in [0.15, 0.2) is 31.0 Å². The van der Waals surface area contributed by atoms with Crippen molar-refractivity contribution in [1.29, 1.82) is 0 Å². The van der Waals surface area contributed by atoms with Gasteiger partial charge in [-0.05, 0) is 6.07 Å². The van der Waals surface area contributed by atoms with Crippen molar-refractivity contribution in [2.45, 2.75) is 12.1 Å². The largest absolute Gasteiger partial charge is 0.376 e. The van der Waals surface area contributed by atoms with E-state index < -0.39 is 0 Å². The zero-order valence-electron chi connectivity index (χ0n) is 14.5. The molecule has 0 radical (unpaired) electrons. The second-order valence-electron chi connectivity index (χ2n) is 6.76. The molecule has 25 heavy (non-hydrogen) atoms. The molecule has 0 bridgehead atoms. The van der Waals surface area contributed by atoms with Crippen LogP contribution in [0.5, 0.6) is 0 Å². The SMILES string of the molecule is Cn1cncc1CN1CCOC2(COCCN(c3ncccn3)C2)C1. The zero-order chi connectivity index (χ0) is 17.1. The van der Waals surface area contributed by atoms with Gasteiger partial charge in [0.15, 0.2) is 0 Å². The number of hydrogen-bond donors (Lipinski definition) is 0. The fourth-order valence-corrected chi connectivity index (χ4v) is 3.54. The Morgan fingerprint density at radius 2 is 2.04 bits per heavy atom. The van der Waals surface area contributed by atoms with E-state index in [0.29, 0.717) is 19.8 Å². The van der Waals surface area contributed by atoms with Crippen molar-refractivity contribution in [3.05, 3.63) is 36.7 Å². The Bertz CT molecular complexity index is 693. The number of anilines is 1. The van der Waals surface area contributed by atoms with Crippen molar-refractivity contribution in [2.75, 3.05) is 50.9 Å². The van der Waals surface area contributed by atoms with E-state index in [4.69, 9.17) is 9.47 Å². The average molecular weight is 344 g/mol. The summed E-state index contributed by atoms with van der Waals surface area (Å²) in [6.45, 7) is 6.06. The molecule has 1 atom stereocenters. The number of hydrogen-bond acceptors (Lipinski definition) is 7. The minimum Gasteiger partial charge on any atom is -0.376 e. The van der Waals surface area contributed by atoms with Crippen LogP contribution in [-0.2, 0) is 23.1 Å². The van der Waals surface area contributed by atoms with Gasteiger partial charge < -0.3 is 18.9 Å². The van der Waals surface area contributed by atoms with Crippen molar-refractivity contribution < 1.29 is 9.47 Å². The van der Waals surface area contributed by atoms with Gasteiger partial charge in [-0.15, -0.1) is 0 Å². The zero-order valence-corrected chi connectivity index (χ0v) is 14.5. The Morgan fingerprint density at radius 1 is 1.16 bits per heavy atom. The van der Waals surface area contributed by atoms with E-state index in [1.807, 2.05) is 25.6 Å². The van der Waals surface area contributed by atoms with Crippen LogP contribution in [0.3, 0.4) is 0 Å². The summed E-state index contributed by atoms with van der Waals surface area (Å²) in [4.78, 5) is 17.6. The summed E-state index contributed by atoms with van der Waals surface area (Å²) in [6.07, 6.45) is 7.32. The highest BCUT2D eigenvalue weighted by Gasteiger charge is 2.41. The summed E-state index contributed by atoms with van der Waals surface area (Å²) in [7, 11) is 2.03. The summed E-state index contributed by atoms with van der Waals surface area (Å²) >= 11 is 0. The second-order valence-corrected chi connectivity index (χ2v) is 6.76. The molecule has 1 spiro atoms. The van der Waals surface area contributed by atoms with Crippen LogP contribution >= 0.6 is 0 Å². The van der Waals surface area contributed by atoms with Gasteiger partial charge in [0.05, 0.1) is 38.4 Å². The Balaban J connectivity index is 1.49. The van der Waals surface area contributed by atoms with E-state index in [1.165, 1.54) is 5.69 Å². The molecular weight excluding hydrogens is 320 g/mol. The quantitative estimate of drug-likeness (QED) is 0.794. The fraction of sp³-hybridized carbons (Fsp3) is 0.588. The molecule has 134 valence electrons. The smallest absolute Gasteiger partial charge is 0.225 e. The van der Waals surface area contributed by atoms with Gasteiger partial charge in [-0.25, -0.2) is 15.0 Å². The van der Waals surface area contributed by atoms with Crippen LogP contribution in [0.4, 0.5) is 5.95 Å². The first kappa shape index (κ1) is 16.4. The molecule has 1 unspecified atom stereocenters. The molecule has 8 heteroatoms. The molecule has 2 fully saturated rings. The molecule has 0 N–H and O–H groups in total. The maximum absolute atomic E-state index is 6.23. The molecule has 2 aliphatic heterocycles. The first-order valence-electron chi connectivity index (χ1n) is 8.65. The molecule has 8 nitrogen and oxygen atoms in total. The molecule has 2 aliphatic rings. The maximum Gasteiger partial charge on any atom is 0.225 e. The summed E-state index contributed by atoms with van der Waals surface area (Å²) in [5.41, 5.74) is 0.849. The van der Waals surface area contributed by atoms with E-state index in [1.54, 1.807) is 12.4 Å². The summed E-state index contributed by atoms with van der Waals surface area (Å²) in [5.74, 6) is 0.736. The van der Waals surface area contributed by atoms with Crippen molar-refractivity contribution >= 4 is 5.95 Å². The number of nitrogens with zero attached hydrogens (tertiary/aromatic N) is 6. The normalized spacial score (nSPS) is 25.2. The van der Waals surface area contributed by atoms with Crippen molar-refractivity contribution in [1.82, 2.24) is 24.4 Å². The molecular formula is C17H24N6O2. The van der Waals surface area contributed by atoms with Crippen molar-refractivity contribution in [2.24, 2.45) is 7.05 Å². The van der Waals surface area contributed by atoms with Crippen molar-refractivity contribution in [3.63, 3.8) is 0 Å². The lowest BCUT2D eigenvalue weighted by molar-refractivity contribution is -0.134. The Morgan fingerprint density at radius 3 is 2.84 bits per heavy atom. The number of aryl methyl sites for hydroxylation is 1. The maximum atomic E-state index is 6.23. The molecule has 0 amide bonds. The van der Waals surface area contributed by atoms with Gasteiger partial charge >= 0.3 is 0 Å². The van der Waals surface area contributed by atoms with Crippen LogP contribution in [-0.4, -0.2) is 76.0 Å². The number of imidazole rings is 1. The molecule has 0 aliphatic carbocycles. The van der Waals surface area contributed by atoms with Gasteiger partial charge in [0.1, 0.15) is 5.60 Å². The Kier molecular flexibility index (Phi) is 4.65. The highest BCUT2D eigenvalue weighted by atomic mass is 16.5. The van der Waals surface area contributed by atoms with Crippen LogP contribution in [0.25, 0.3) is 0 Å². The predicted molar refractivity (Wildman–Crippen MR) is 92.2 cm³/mol. The highest BCUT2D eigenvalue weighted by molar-refractivity contribution is 5.30. The van der Waals surface area contributed by atoms with E-state index in [0.717, 1.165) is 38.7 Å². The average Bonchev–Trinajstić information content (AvgIpc) is 2.92. The van der Waals surface area contributed by atoms with Crippen LogP contribution in [0, 0.1) is 0 Å². The first-order chi connectivity index (χ1) is 12.2. The minimum absolute atomic E-state index is 0.355. The molecule has 2 aromatic rings. The number of aromatic nitrogens is 4. The molecule has 2 saturated heterocycles. The van der Waals surface area contributed by atoms with Gasteiger partial charge in [-0.2, -0.15) is 0 Å². The van der Waals surface area contributed by atoms with Gasteiger partial charge in [0.2, 0.25) is 5.95 Å². The van der Waals surface area contributed by atoms with E-state index >= 15 is 0 Å². The number of morpholine rings is 1. The molecule has 0 aromatic carbocycles. The lowest BCUT2D eigenvalue weighted by Crippen LogP contribution is -2.58. The molecule has 0 saturated carbocycles. The van der Waals surface area contributed by atoms with Crippen molar-refractivity contribution in [3.8, 4) is 0 Å². The standard InChI is InChI=1S/C17H24N6O2/c1-21-14-18-9-15(21)10-22-5-8-25-17(11-22)12-23(6-7-24-13-17)16-19-3-2-4-20-16/h2-4,9,14H,5-8,10-13H2,1H3. The second kappa shape index (κ2) is 7.07. The molecule has 4 rings (SSSR count). The van der Waals surface area contributed by atoms with Gasteiger partial charge in [0.25, 0.3) is 0 Å². The third-order valence-electron chi connectivity index (χ3n) is 4.81. The van der Waals surface area contributed by atoms with Crippen LogP contribution < -0.4 is 4.90 Å². The monoisotopic (exact) mass is 344 g/mol. The Hall–Kier alpha value is -2.03. The van der Waals surface area contributed by atoms with Crippen LogP contribution in [0.1, 0.15) is 5.69 Å². The lowest BCUT2D eigenvalue weighted by atomic mass is 10.0. The van der Waals surface area contributed by atoms with Gasteiger partial charge in [-0.3, -0.25) is 4.90 Å². The molecule has 4 heterocycles. The summed E-state index contributed by atoms with van der Waals surface area (Å²) in [6, 6.07) is 1.83. The predicted octanol–water partition coefficient (Wildman–Crippen LogP) is 0.318. The number of rotatable bonds is 3. The number of ether oxygens (including phenoxy) is 2. The minimum atomic E-state index is -0.355. The third-order valence-corrected chi connectivity index (χ3v) is 4.81. The van der Waals surface area contributed by atoms with Crippen LogP contribution in [0.2, 0.25) is 0 Å². The Labute approximate surface area is 147 Å². The van der Waals surface area contributed by atoms with Gasteiger partial charge in [0, 0.05) is 51.8 Å². The highest BCUT2D eigenvalue weighted by Crippen LogP contribution is 2.25. The third kappa shape index (κ3) is 3.65. The summed E-state index contributed by atoms with van der Waals surface area (Å²) < 4.78 is 14.2. The lowest BCUT2D eigenvalue weighted by Gasteiger charge is -2.43. The van der Waals surface area contributed by atoms with Gasteiger partial charge in [-0.1, -0.05) is 0 Å².